The quantitative estimate of drug-likeness (QED) is 0.825. The van der Waals surface area contributed by atoms with Crippen molar-refractivity contribution in [3.05, 3.63) is 60.7 Å². The van der Waals surface area contributed by atoms with E-state index in [1.54, 1.807) is 0 Å². The molecule has 0 aromatic heterocycles. The molecular weight excluding hydrogens is 261 g/mol. The van der Waals surface area contributed by atoms with Crippen molar-refractivity contribution < 1.29 is 14.4 Å². The fraction of sp³-hybridized carbons (Fsp3) is 0.143. The first-order valence-electron chi connectivity index (χ1n) is 5.98. The van der Waals surface area contributed by atoms with Gasteiger partial charge in [-0.2, -0.15) is 0 Å². The van der Waals surface area contributed by atoms with Crippen molar-refractivity contribution in [3.63, 3.8) is 0 Å². The summed E-state index contributed by atoms with van der Waals surface area (Å²) in [7, 11) is -4.00. The highest BCUT2D eigenvalue weighted by Crippen LogP contribution is 2.35. The average Bonchev–Trinajstić information content (AvgIpc) is 2.40. The molecule has 4 nitrogen and oxygen atoms in total. The first-order valence-corrected chi connectivity index (χ1v) is 7.78. The van der Waals surface area contributed by atoms with Gasteiger partial charge in [-0.15, -0.1) is 0 Å². The van der Waals surface area contributed by atoms with Crippen LogP contribution in [0.5, 0.6) is 0 Å². The molecule has 0 atom stereocenters. The Balaban J connectivity index is 2.27. The fourth-order valence-corrected chi connectivity index (χ4v) is 2.31. The summed E-state index contributed by atoms with van der Waals surface area (Å²) in [6.45, 7) is 0.276. The van der Waals surface area contributed by atoms with E-state index in [9.17, 15) is 4.57 Å². The molecule has 0 saturated heterocycles. The van der Waals surface area contributed by atoms with Crippen LogP contribution in [0.4, 0.5) is 11.4 Å². The smallest absolute Gasteiger partial charge is 0.327 e. The van der Waals surface area contributed by atoms with Gasteiger partial charge in [-0.05, 0) is 24.3 Å². The van der Waals surface area contributed by atoms with Crippen LogP contribution in [0.1, 0.15) is 0 Å². The van der Waals surface area contributed by atoms with Gasteiger partial charge in [-0.1, -0.05) is 36.4 Å². The SMILES string of the molecule is O=P(O)(O)CCN(c1ccccc1)c1ccccc1. The zero-order valence-electron chi connectivity index (χ0n) is 10.4. The molecule has 0 aliphatic heterocycles. The molecule has 0 fully saturated rings. The topological polar surface area (TPSA) is 60.8 Å². The molecule has 2 N–H and O–H groups in total. The molecule has 0 unspecified atom stereocenters. The molecule has 0 spiro atoms. The van der Waals surface area contributed by atoms with Gasteiger partial charge in [0.2, 0.25) is 0 Å². The van der Waals surface area contributed by atoms with Crippen LogP contribution in [0.15, 0.2) is 60.7 Å². The standard InChI is InChI=1S/C14H16NO3P/c16-19(17,18)12-11-15(13-7-3-1-4-8-13)14-9-5-2-6-10-14/h1-10H,11-12H2,(H2,16,17,18). The first kappa shape index (κ1) is 13.8. The zero-order valence-corrected chi connectivity index (χ0v) is 11.3. The molecule has 0 heterocycles. The second-order valence-corrected chi connectivity index (χ2v) is 5.99. The van der Waals surface area contributed by atoms with Crippen molar-refractivity contribution in [2.24, 2.45) is 0 Å². The minimum absolute atomic E-state index is 0.170. The number of hydrogen-bond donors (Lipinski definition) is 2. The highest BCUT2D eigenvalue weighted by atomic mass is 31.2. The van der Waals surface area contributed by atoms with E-state index in [-0.39, 0.29) is 12.7 Å². The highest BCUT2D eigenvalue weighted by molar-refractivity contribution is 7.51. The fourth-order valence-electron chi connectivity index (χ4n) is 1.85. The first-order chi connectivity index (χ1) is 9.06. The number of benzene rings is 2. The second-order valence-electron chi connectivity index (χ2n) is 4.21. The van der Waals surface area contributed by atoms with Gasteiger partial charge < -0.3 is 14.7 Å². The molecule has 0 saturated carbocycles. The Labute approximate surface area is 112 Å². The maximum Gasteiger partial charge on any atom is 0.327 e. The summed E-state index contributed by atoms with van der Waals surface area (Å²) >= 11 is 0. The third-order valence-corrected chi connectivity index (χ3v) is 3.53. The van der Waals surface area contributed by atoms with Gasteiger partial charge in [0.1, 0.15) is 0 Å². The lowest BCUT2D eigenvalue weighted by Gasteiger charge is -2.25. The van der Waals surface area contributed by atoms with Crippen molar-refractivity contribution in [2.45, 2.75) is 0 Å². The van der Waals surface area contributed by atoms with Crippen LogP contribution in [-0.2, 0) is 4.57 Å². The third kappa shape index (κ3) is 4.21. The van der Waals surface area contributed by atoms with Gasteiger partial charge in [0.25, 0.3) is 0 Å². The summed E-state index contributed by atoms with van der Waals surface area (Å²) in [6.07, 6.45) is -0.170. The van der Waals surface area contributed by atoms with Crippen molar-refractivity contribution in [3.8, 4) is 0 Å². The summed E-state index contributed by atoms with van der Waals surface area (Å²) in [5.41, 5.74) is 1.84. The van der Waals surface area contributed by atoms with Gasteiger partial charge in [0.15, 0.2) is 0 Å². The van der Waals surface area contributed by atoms with E-state index in [1.165, 1.54) is 0 Å². The Kier molecular flexibility index (Phi) is 4.38. The Morgan fingerprint density at radius 1 is 0.842 bits per heavy atom. The van der Waals surface area contributed by atoms with E-state index >= 15 is 0 Å². The maximum atomic E-state index is 11.1. The largest absolute Gasteiger partial charge is 0.341 e. The molecule has 0 radical (unpaired) electrons. The van der Waals surface area contributed by atoms with Gasteiger partial charge in [-0.3, -0.25) is 4.57 Å². The third-order valence-electron chi connectivity index (χ3n) is 2.75. The highest BCUT2D eigenvalue weighted by Gasteiger charge is 2.17. The molecule has 100 valence electrons. The summed E-state index contributed by atoms with van der Waals surface area (Å²) in [5, 5.41) is 0. The predicted molar refractivity (Wildman–Crippen MR) is 76.8 cm³/mol. The summed E-state index contributed by atoms with van der Waals surface area (Å²) in [4.78, 5) is 20.0. The van der Waals surface area contributed by atoms with E-state index in [0.29, 0.717) is 0 Å². The summed E-state index contributed by atoms with van der Waals surface area (Å²) < 4.78 is 11.1. The van der Waals surface area contributed by atoms with Crippen molar-refractivity contribution in [1.29, 1.82) is 0 Å². The second kappa shape index (κ2) is 6.02. The minimum atomic E-state index is -4.00. The lowest BCUT2D eigenvalue weighted by atomic mass is 10.2. The van der Waals surface area contributed by atoms with Crippen LogP contribution in [-0.4, -0.2) is 22.5 Å². The predicted octanol–water partition coefficient (Wildman–Crippen LogP) is 3.00. The normalized spacial score (nSPS) is 11.3. The van der Waals surface area contributed by atoms with Crippen molar-refractivity contribution in [1.82, 2.24) is 0 Å². The van der Waals surface area contributed by atoms with E-state index in [1.807, 2.05) is 65.6 Å². The number of para-hydroxylation sites is 2. The van der Waals surface area contributed by atoms with Gasteiger partial charge in [-0.25, -0.2) is 0 Å². The lowest BCUT2D eigenvalue weighted by Crippen LogP contribution is -2.21. The number of anilines is 2. The molecule has 5 heteroatoms. The van der Waals surface area contributed by atoms with Gasteiger partial charge in [0.05, 0.1) is 6.16 Å². The van der Waals surface area contributed by atoms with Gasteiger partial charge >= 0.3 is 7.60 Å². The molecule has 0 aliphatic rings. The maximum absolute atomic E-state index is 11.1. The van der Waals surface area contributed by atoms with E-state index in [2.05, 4.69) is 0 Å². The van der Waals surface area contributed by atoms with Crippen molar-refractivity contribution >= 4 is 19.0 Å². The molecule has 2 rings (SSSR count). The van der Waals surface area contributed by atoms with Crippen LogP contribution in [0, 0.1) is 0 Å². The number of nitrogens with zero attached hydrogens (tertiary/aromatic N) is 1. The Hall–Kier alpha value is -1.61. The Morgan fingerprint density at radius 3 is 1.63 bits per heavy atom. The number of hydrogen-bond acceptors (Lipinski definition) is 2. The van der Waals surface area contributed by atoms with Crippen LogP contribution >= 0.6 is 7.60 Å². The van der Waals surface area contributed by atoms with Crippen LogP contribution in [0.2, 0.25) is 0 Å². The summed E-state index contributed by atoms with van der Waals surface area (Å²) in [5.74, 6) is 0. The van der Waals surface area contributed by atoms with Crippen LogP contribution in [0.3, 0.4) is 0 Å². The van der Waals surface area contributed by atoms with E-state index in [4.69, 9.17) is 9.79 Å². The number of rotatable bonds is 5. The molecule has 0 aliphatic carbocycles. The lowest BCUT2D eigenvalue weighted by molar-refractivity contribution is 0.373. The zero-order chi connectivity index (χ0) is 13.7. The molecule has 19 heavy (non-hydrogen) atoms. The van der Waals surface area contributed by atoms with Crippen molar-refractivity contribution in [2.75, 3.05) is 17.6 Å². The Morgan fingerprint density at radius 2 is 1.26 bits per heavy atom. The van der Waals surface area contributed by atoms with Crippen LogP contribution < -0.4 is 4.90 Å². The molecule has 0 bridgehead atoms. The molecule has 0 amide bonds. The van der Waals surface area contributed by atoms with E-state index in [0.717, 1.165) is 11.4 Å². The minimum Gasteiger partial charge on any atom is -0.341 e. The van der Waals surface area contributed by atoms with Crippen LogP contribution in [0.25, 0.3) is 0 Å². The Bertz CT molecular complexity index is 514. The summed E-state index contributed by atoms with van der Waals surface area (Å²) in [6, 6.07) is 19.1. The van der Waals surface area contributed by atoms with E-state index < -0.39 is 7.60 Å². The molecular formula is C14H16NO3P. The molecule has 2 aromatic rings. The van der Waals surface area contributed by atoms with Gasteiger partial charge in [0, 0.05) is 17.9 Å². The molecule has 2 aromatic carbocycles. The monoisotopic (exact) mass is 277 g/mol. The average molecular weight is 277 g/mol.